The fourth-order valence-electron chi connectivity index (χ4n) is 11.6. The van der Waals surface area contributed by atoms with Crippen LogP contribution in [0.2, 0.25) is 0 Å². The highest BCUT2D eigenvalue weighted by Crippen LogP contribution is 2.47. The Morgan fingerprint density at radius 1 is 0.723 bits per heavy atom. The Balaban J connectivity index is 1.72. The first-order chi connectivity index (χ1) is 52.4. The SMILES string of the molecule is C=C1C(=O)N[C@@H](C)C(=O)N(C)[C@@H](C)C(=O)N[C@@H]([C@H](OC(=O)[C@@H](NC(=O)CC)[C@H](OP(=O)(O)OCc2ccc(NC(=O)[C@H](CCCNC(N)=O)NC(=O)[C@@H](NC(=O)CCN3C(=O)C=CC3=O)C(C)C)cc2)C(C)C)C(C)C)C(=O)N(C)[C@@H]([C@@H](C)OC)C(=O)O[C@H](C(C)C)[C@H](NC(C)=O)C(=O)O[C@H](Cc2ccccc2)C(=O)N1C. The summed E-state index contributed by atoms with van der Waals surface area (Å²) in [5.41, 5.74) is 5.52. The van der Waals surface area contributed by atoms with E-state index in [1.54, 1.807) is 44.2 Å². The molecule has 0 radical (unpaired) electrons. The highest BCUT2D eigenvalue weighted by atomic mass is 31.2. The van der Waals surface area contributed by atoms with Crippen molar-refractivity contribution in [3.8, 4) is 0 Å². The number of hydrogen-bond acceptors (Lipinski definition) is 23. The number of likely N-dealkylation sites (N-methyl/N-ethyl adjacent to an activating group) is 3. The number of benzene rings is 2. The molecule has 1 unspecified atom stereocenters. The molecule has 2 aromatic carbocycles. The number of rotatable bonds is 32. The van der Waals surface area contributed by atoms with Gasteiger partial charge in [0.25, 0.3) is 23.6 Å². The third-order valence-corrected chi connectivity index (χ3v) is 19.3. The summed E-state index contributed by atoms with van der Waals surface area (Å²) in [4.78, 5) is 235. The molecule has 112 heavy (non-hydrogen) atoms. The Hall–Kier alpha value is -10.5. The molecule has 618 valence electrons. The minimum Gasteiger partial charge on any atom is -0.458 e. The van der Waals surface area contributed by atoms with Crippen molar-refractivity contribution in [2.75, 3.05) is 46.7 Å². The zero-order chi connectivity index (χ0) is 84.5. The molecule has 2 aromatic rings. The molecule has 37 nitrogen and oxygen atoms in total. The van der Waals surface area contributed by atoms with Gasteiger partial charge < -0.3 is 86.8 Å². The maximum absolute atomic E-state index is 15.7. The van der Waals surface area contributed by atoms with Crippen LogP contribution in [0.1, 0.15) is 127 Å². The lowest BCUT2D eigenvalue weighted by molar-refractivity contribution is -0.177. The minimum atomic E-state index is -5.35. The van der Waals surface area contributed by atoms with Gasteiger partial charge in [-0.1, -0.05) is 111 Å². The fourth-order valence-corrected chi connectivity index (χ4v) is 12.6. The lowest BCUT2D eigenvalue weighted by Crippen LogP contribution is -2.64. The van der Waals surface area contributed by atoms with Gasteiger partial charge in [0.05, 0.1) is 12.7 Å². The number of cyclic esters (lactones) is 2. The van der Waals surface area contributed by atoms with E-state index in [1.165, 1.54) is 108 Å². The van der Waals surface area contributed by atoms with Gasteiger partial charge >= 0.3 is 31.8 Å². The van der Waals surface area contributed by atoms with Crippen LogP contribution in [0.3, 0.4) is 0 Å². The third kappa shape index (κ3) is 27.5. The molecule has 14 amide bonds. The molecule has 0 aromatic heterocycles. The number of hydrogen-bond donors (Lipinski definition) is 10. The van der Waals surface area contributed by atoms with Crippen molar-refractivity contribution >= 4 is 108 Å². The normalized spacial score (nSPS) is 21.6. The van der Waals surface area contributed by atoms with Crippen molar-refractivity contribution in [2.24, 2.45) is 29.4 Å². The van der Waals surface area contributed by atoms with Crippen LogP contribution in [0.5, 0.6) is 0 Å². The topological polar surface area (TPSA) is 501 Å². The van der Waals surface area contributed by atoms with Gasteiger partial charge in [0.2, 0.25) is 47.3 Å². The van der Waals surface area contributed by atoms with Crippen LogP contribution in [-0.4, -0.2) is 240 Å². The van der Waals surface area contributed by atoms with Crippen LogP contribution < -0.4 is 48.3 Å². The Morgan fingerprint density at radius 3 is 1.88 bits per heavy atom. The van der Waals surface area contributed by atoms with E-state index in [1.807, 2.05) is 0 Å². The largest absolute Gasteiger partial charge is 0.472 e. The second-order valence-corrected chi connectivity index (χ2v) is 29.8. The quantitative estimate of drug-likeness (QED) is 0.0122. The average Bonchev–Trinajstić information content (AvgIpc) is 1.42. The number of nitrogens with zero attached hydrogens (tertiary/aromatic N) is 4. The minimum absolute atomic E-state index is 0.0107. The predicted octanol–water partition coefficient (Wildman–Crippen LogP) is 1.05. The number of phosphoric ester groups is 1. The molecule has 0 aliphatic carbocycles. The second-order valence-electron chi connectivity index (χ2n) is 28.4. The Morgan fingerprint density at radius 2 is 1.33 bits per heavy atom. The number of carbonyl (C=O) groups is 16. The lowest BCUT2D eigenvalue weighted by Gasteiger charge is -2.39. The van der Waals surface area contributed by atoms with Gasteiger partial charge in [-0.3, -0.25) is 71.5 Å². The molecular weight excluding hydrogens is 1490 g/mol. The molecule has 2 aliphatic rings. The molecule has 14 atom stereocenters. The van der Waals surface area contributed by atoms with E-state index < -0.39 is 217 Å². The van der Waals surface area contributed by atoms with Crippen molar-refractivity contribution in [1.82, 2.24) is 56.8 Å². The van der Waals surface area contributed by atoms with Gasteiger partial charge in [-0.05, 0) is 80.5 Å². The van der Waals surface area contributed by atoms with Gasteiger partial charge in [-0.25, -0.2) is 23.7 Å². The number of carbonyl (C=O) groups excluding carboxylic acids is 16. The molecule has 1 fully saturated rings. The van der Waals surface area contributed by atoms with E-state index in [9.17, 15) is 71.8 Å². The van der Waals surface area contributed by atoms with Crippen LogP contribution in [0.25, 0.3) is 0 Å². The number of imide groups is 1. The summed E-state index contributed by atoms with van der Waals surface area (Å²) in [7, 11) is -0.700. The highest BCUT2D eigenvalue weighted by molar-refractivity contribution is 7.47. The van der Waals surface area contributed by atoms with Gasteiger partial charge in [-0.15, -0.1) is 0 Å². The molecule has 1 saturated heterocycles. The predicted molar refractivity (Wildman–Crippen MR) is 401 cm³/mol. The van der Waals surface area contributed by atoms with Gasteiger partial charge in [0, 0.05) is 85.4 Å². The van der Waals surface area contributed by atoms with Crippen molar-refractivity contribution in [1.29, 1.82) is 0 Å². The van der Waals surface area contributed by atoms with Crippen molar-refractivity contribution in [2.45, 2.75) is 208 Å². The molecule has 2 heterocycles. The molecule has 38 heteroatoms. The number of anilines is 1. The Bertz CT molecular complexity index is 3820. The number of amides is 14. The lowest BCUT2D eigenvalue weighted by atomic mass is 9.95. The average molecular weight is 1590 g/mol. The maximum atomic E-state index is 15.7. The van der Waals surface area contributed by atoms with E-state index in [0.717, 1.165) is 52.8 Å². The second kappa shape index (κ2) is 43.4. The molecule has 4 rings (SSSR count). The van der Waals surface area contributed by atoms with Gasteiger partial charge in [0.15, 0.2) is 24.2 Å². The summed E-state index contributed by atoms with van der Waals surface area (Å²) in [6.45, 7) is 21.4. The number of methoxy groups -OCH3 is 1. The highest BCUT2D eigenvalue weighted by Gasteiger charge is 2.48. The Kier molecular flexibility index (Phi) is 36.3. The number of esters is 3. The number of urea groups is 1. The molecule has 2 aliphatic heterocycles. The number of ether oxygens (including phenoxy) is 4. The van der Waals surface area contributed by atoms with Gasteiger partial charge in [0.1, 0.15) is 54.2 Å². The van der Waals surface area contributed by atoms with Crippen molar-refractivity contribution < 1.29 is 114 Å². The number of phosphoric acid groups is 1. The summed E-state index contributed by atoms with van der Waals surface area (Å²) < 4.78 is 49.1. The first-order valence-electron chi connectivity index (χ1n) is 36.4. The molecule has 0 bridgehead atoms. The first kappa shape index (κ1) is 93.9. The molecule has 0 spiro atoms. The Labute approximate surface area is 650 Å². The summed E-state index contributed by atoms with van der Waals surface area (Å²) in [5, 5.41) is 20.2. The van der Waals surface area contributed by atoms with E-state index in [4.69, 9.17) is 33.7 Å². The van der Waals surface area contributed by atoms with Crippen LogP contribution >= 0.6 is 7.82 Å². The number of nitrogens with two attached hydrogens (primary N) is 1. The number of primary amides is 1. The smallest absolute Gasteiger partial charge is 0.458 e. The van der Waals surface area contributed by atoms with E-state index >= 15 is 14.4 Å². The summed E-state index contributed by atoms with van der Waals surface area (Å²) >= 11 is 0. The van der Waals surface area contributed by atoms with E-state index in [-0.39, 0.29) is 56.4 Å². The van der Waals surface area contributed by atoms with E-state index in [2.05, 4.69) is 49.1 Å². The molecule has 11 N–H and O–H groups in total. The molecular formula is C74H108N13O24P. The van der Waals surface area contributed by atoms with Gasteiger partial charge in [-0.2, -0.15) is 0 Å². The third-order valence-electron chi connectivity index (χ3n) is 18.4. The van der Waals surface area contributed by atoms with Crippen molar-refractivity contribution in [3.63, 3.8) is 0 Å². The fraction of sp³-hybridized carbons (Fsp3) is 0.568. The summed E-state index contributed by atoms with van der Waals surface area (Å²) in [5.74, 6) is -17.6. The number of nitrogens with one attached hydrogen (secondary N) is 8. The molecule has 0 saturated carbocycles. The van der Waals surface area contributed by atoms with Crippen LogP contribution in [-0.2, 0) is 118 Å². The van der Waals surface area contributed by atoms with Crippen LogP contribution in [0.4, 0.5) is 10.5 Å². The summed E-state index contributed by atoms with van der Waals surface area (Å²) in [6, 6.07) is -0.365. The first-order valence-corrected chi connectivity index (χ1v) is 37.9. The summed E-state index contributed by atoms with van der Waals surface area (Å²) in [6.07, 6.45) is -7.08. The zero-order valence-corrected chi connectivity index (χ0v) is 67.1. The maximum Gasteiger partial charge on any atom is 0.472 e. The monoisotopic (exact) mass is 1590 g/mol. The zero-order valence-electron chi connectivity index (χ0n) is 66.2. The van der Waals surface area contributed by atoms with Crippen LogP contribution in [0, 0.1) is 23.7 Å². The van der Waals surface area contributed by atoms with Crippen molar-refractivity contribution in [3.05, 3.63) is 90.2 Å². The standard InChI is InChI=1S/C74H108N13O24P/c1-19-52(89)81-59(63(41(8)9)111-112(104,105)107-37-48-27-29-49(30-28-48)79-66(95)50(26-23-34-76-74(75)103)80-67(96)56(38(2)3)82-53(90)33-35-87-54(91)31-32-55(87)92)72(101)109-61(39(4)5)57-70(99)86(17)60(45(13)106-18)73(102)110-62(40(6)7)58(78-46(14)88)71(100)108-51(36-47-24-21-20-22-25-47)69(98)85(16)43(11)64(93)77-42(10)68(97)84(15)44(12)65(94)83-57/h20-22,24-25,27-32,38-42,44-45,50-51,56-63H,11,19,23,26,33-37H2,1-10,12-18H3,(H,77,93)(H,78,88)(H,79,95)(H,80,96)(H,81,89)(H,82,90)(H,83,94)(H,104,105)(H3,75,76,103)/t42-,44-,45+,50-,51+,56-,57-,58-,59-,60-,61+,62+,63+/m0/s1. The van der Waals surface area contributed by atoms with Crippen LogP contribution in [0.15, 0.2) is 79.0 Å². The van der Waals surface area contributed by atoms with E-state index in [0.29, 0.717) is 5.56 Å².